The summed E-state index contributed by atoms with van der Waals surface area (Å²) in [5, 5.41) is 3.28. The quantitative estimate of drug-likeness (QED) is 0.761. The summed E-state index contributed by atoms with van der Waals surface area (Å²) < 4.78 is 0. The summed E-state index contributed by atoms with van der Waals surface area (Å²) in [6, 6.07) is 5.22. The number of amides is 1. The third kappa shape index (κ3) is 2.72. The second kappa shape index (κ2) is 4.25. The van der Waals surface area contributed by atoms with Crippen LogP contribution in [0.1, 0.15) is 12.5 Å². The maximum Gasteiger partial charge on any atom is 0.221 e. The minimum Gasteiger partial charge on any atom is -0.326 e. The Bertz CT molecular complexity index is 325. The molecule has 0 unspecified atom stereocenters. The molecule has 0 heterocycles. The van der Waals surface area contributed by atoms with Crippen LogP contribution in [0, 0.1) is 0 Å². The number of hydrogen-bond donors (Lipinski definition) is 2. The van der Waals surface area contributed by atoms with E-state index in [1.807, 2.05) is 0 Å². The zero-order chi connectivity index (χ0) is 9.84. The van der Waals surface area contributed by atoms with E-state index in [0.717, 1.165) is 11.3 Å². The predicted molar refractivity (Wildman–Crippen MR) is 53.6 cm³/mol. The Kier molecular flexibility index (Phi) is 3.28. The smallest absolute Gasteiger partial charge is 0.221 e. The maximum atomic E-state index is 10.7. The first-order chi connectivity index (χ1) is 6.13. The first-order valence-corrected chi connectivity index (χ1v) is 4.27. The molecule has 0 radical (unpaired) electrons. The Morgan fingerprint density at radius 3 is 2.85 bits per heavy atom. The van der Waals surface area contributed by atoms with E-state index in [-0.39, 0.29) is 5.91 Å². The topological polar surface area (TPSA) is 55.1 Å². The van der Waals surface area contributed by atoms with Gasteiger partial charge in [0.05, 0.1) is 0 Å². The summed E-state index contributed by atoms with van der Waals surface area (Å²) in [5.41, 5.74) is 7.00. The van der Waals surface area contributed by atoms with E-state index in [1.165, 1.54) is 6.92 Å². The molecule has 70 valence electrons. The lowest BCUT2D eigenvalue weighted by Crippen LogP contribution is -2.06. The van der Waals surface area contributed by atoms with E-state index in [2.05, 4.69) is 5.32 Å². The number of halogens is 1. The molecule has 0 aliphatic carbocycles. The average molecular weight is 199 g/mol. The molecule has 13 heavy (non-hydrogen) atoms. The lowest BCUT2D eigenvalue weighted by atomic mass is 10.2. The molecule has 1 aromatic rings. The summed E-state index contributed by atoms with van der Waals surface area (Å²) in [4.78, 5) is 10.7. The molecule has 0 aromatic heterocycles. The van der Waals surface area contributed by atoms with Crippen LogP contribution in [-0.2, 0) is 11.3 Å². The molecule has 3 N–H and O–H groups in total. The van der Waals surface area contributed by atoms with E-state index >= 15 is 0 Å². The molecule has 0 aliphatic rings. The fourth-order valence-electron chi connectivity index (χ4n) is 1.01. The summed E-state index contributed by atoms with van der Waals surface area (Å²) in [5.74, 6) is -0.106. The van der Waals surface area contributed by atoms with Gasteiger partial charge in [-0.25, -0.2) is 0 Å². The Labute approximate surface area is 81.9 Å². The molecule has 0 saturated carbocycles. The van der Waals surface area contributed by atoms with Crippen molar-refractivity contribution in [3.05, 3.63) is 28.8 Å². The highest BCUT2D eigenvalue weighted by atomic mass is 35.5. The maximum absolute atomic E-state index is 10.7. The van der Waals surface area contributed by atoms with Crippen molar-refractivity contribution in [2.45, 2.75) is 13.5 Å². The van der Waals surface area contributed by atoms with Crippen LogP contribution in [0.5, 0.6) is 0 Å². The number of carbonyl (C=O) groups is 1. The average Bonchev–Trinajstić information content (AvgIpc) is 2.07. The highest BCUT2D eigenvalue weighted by molar-refractivity contribution is 6.31. The first-order valence-electron chi connectivity index (χ1n) is 3.89. The molecular formula is C9H11ClN2O. The van der Waals surface area contributed by atoms with Gasteiger partial charge in [0.1, 0.15) is 0 Å². The molecule has 0 atom stereocenters. The van der Waals surface area contributed by atoms with Crippen molar-refractivity contribution in [2.75, 3.05) is 5.32 Å². The van der Waals surface area contributed by atoms with Gasteiger partial charge in [-0.05, 0) is 23.8 Å². The van der Waals surface area contributed by atoms with Crippen molar-refractivity contribution in [1.82, 2.24) is 0 Å². The van der Waals surface area contributed by atoms with Crippen LogP contribution in [0.3, 0.4) is 0 Å². The zero-order valence-corrected chi connectivity index (χ0v) is 8.06. The molecule has 0 aliphatic heterocycles. The van der Waals surface area contributed by atoms with Crippen molar-refractivity contribution in [3.8, 4) is 0 Å². The largest absolute Gasteiger partial charge is 0.326 e. The molecular weight excluding hydrogens is 188 g/mol. The van der Waals surface area contributed by atoms with E-state index < -0.39 is 0 Å². The lowest BCUT2D eigenvalue weighted by Gasteiger charge is -2.05. The van der Waals surface area contributed by atoms with Gasteiger partial charge in [-0.2, -0.15) is 0 Å². The number of hydrogen-bond acceptors (Lipinski definition) is 2. The second-order valence-corrected chi connectivity index (χ2v) is 3.10. The Hall–Kier alpha value is -1.06. The Morgan fingerprint density at radius 1 is 1.62 bits per heavy atom. The fraction of sp³-hybridized carbons (Fsp3) is 0.222. The van der Waals surface area contributed by atoms with E-state index in [0.29, 0.717) is 11.6 Å². The highest BCUT2D eigenvalue weighted by Crippen LogP contribution is 2.19. The van der Waals surface area contributed by atoms with Crippen molar-refractivity contribution in [1.29, 1.82) is 0 Å². The number of rotatable bonds is 2. The van der Waals surface area contributed by atoms with Gasteiger partial charge in [0.25, 0.3) is 0 Å². The standard InChI is InChI=1S/C9H11ClN2O/c1-6(13)12-8-2-3-9(10)7(4-8)5-11/h2-4H,5,11H2,1H3,(H,12,13). The third-order valence-electron chi connectivity index (χ3n) is 1.59. The molecule has 3 nitrogen and oxygen atoms in total. The van der Waals surface area contributed by atoms with E-state index in [1.54, 1.807) is 18.2 Å². The normalized spacial score (nSPS) is 9.77. The van der Waals surface area contributed by atoms with Gasteiger partial charge in [0.15, 0.2) is 0 Å². The number of carbonyl (C=O) groups excluding carboxylic acids is 1. The molecule has 0 bridgehead atoms. The molecule has 0 spiro atoms. The fourth-order valence-corrected chi connectivity index (χ4v) is 1.21. The Morgan fingerprint density at radius 2 is 2.31 bits per heavy atom. The summed E-state index contributed by atoms with van der Waals surface area (Å²) in [6.45, 7) is 1.82. The van der Waals surface area contributed by atoms with Gasteiger partial charge < -0.3 is 11.1 Å². The van der Waals surface area contributed by atoms with Crippen molar-refractivity contribution in [2.24, 2.45) is 5.73 Å². The molecule has 4 heteroatoms. The number of nitrogens with one attached hydrogen (secondary N) is 1. The third-order valence-corrected chi connectivity index (χ3v) is 1.95. The van der Waals surface area contributed by atoms with Crippen molar-refractivity contribution in [3.63, 3.8) is 0 Å². The van der Waals surface area contributed by atoms with Gasteiger partial charge in [-0.15, -0.1) is 0 Å². The number of nitrogens with two attached hydrogens (primary N) is 1. The zero-order valence-electron chi connectivity index (χ0n) is 7.30. The van der Waals surface area contributed by atoms with E-state index in [9.17, 15) is 4.79 Å². The summed E-state index contributed by atoms with van der Waals surface area (Å²) in [6.07, 6.45) is 0. The monoisotopic (exact) mass is 198 g/mol. The molecule has 1 rings (SSSR count). The van der Waals surface area contributed by atoms with Crippen molar-refractivity contribution >= 4 is 23.2 Å². The highest BCUT2D eigenvalue weighted by Gasteiger charge is 2.00. The van der Waals surface area contributed by atoms with Crippen LogP contribution in [0.25, 0.3) is 0 Å². The first kappa shape index (κ1) is 10.0. The van der Waals surface area contributed by atoms with Gasteiger partial charge in [0.2, 0.25) is 5.91 Å². The SMILES string of the molecule is CC(=O)Nc1ccc(Cl)c(CN)c1. The molecule has 0 saturated heterocycles. The Balaban J connectivity index is 2.92. The van der Waals surface area contributed by atoms with E-state index in [4.69, 9.17) is 17.3 Å². The molecule has 1 aromatic carbocycles. The summed E-state index contributed by atoms with van der Waals surface area (Å²) in [7, 11) is 0. The number of benzene rings is 1. The van der Waals surface area contributed by atoms with Crippen LogP contribution < -0.4 is 11.1 Å². The van der Waals surface area contributed by atoms with Gasteiger partial charge in [0, 0.05) is 24.2 Å². The van der Waals surface area contributed by atoms with Crippen LogP contribution in [0.2, 0.25) is 5.02 Å². The van der Waals surface area contributed by atoms with Crippen molar-refractivity contribution < 1.29 is 4.79 Å². The van der Waals surface area contributed by atoms with Crippen LogP contribution in [-0.4, -0.2) is 5.91 Å². The molecule has 1 amide bonds. The summed E-state index contributed by atoms with van der Waals surface area (Å²) >= 11 is 5.84. The van der Waals surface area contributed by atoms with Crippen LogP contribution in [0.4, 0.5) is 5.69 Å². The predicted octanol–water partition coefficient (Wildman–Crippen LogP) is 1.76. The van der Waals surface area contributed by atoms with Gasteiger partial charge in [-0.3, -0.25) is 4.79 Å². The second-order valence-electron chi connectivity index (χ2n) is 2.69. The van der Waals surface area contributed by atoms with Gasteiger partial charge >= 0.3 is 0 Å². The molecule has 0 fully saturated rings. The van der Waals surface area contributed by atoms with Gasteiger partial charge in [-0.1, -0.05) is 11.6 Å². The lowest BCUT2D eigenvalue weighted by molar-refractivity contribution is -0.114. The minimum absolute atomic E-state index is 0.106. The minimum atomic E-state index is -0.106. The van der Waals surface area contributed by atoms with Crippen LogP contribution >= 0.6 is 11.6 Å². The number of anilines is 1. The van der Waals surface area contributed by atoms with Crippen LogP contribution in [0.15, 0.2) is 18.2 Å².